The molecule has 0 atom stereocenters. The number of halogens is 4. The third kappa shape index (κ3) is 5.57. The summed E-state index contributed by atoms with van der Waals surface area (Å²) >= 11 is 0. The molecule has 0 radical (unpaired) electrons. The zero-order valence-electron chi connectivity index (χ0n) is 17.9. The molecule has 0 unspecified atom stereocenters. The van der Waals surface area contributed by atoms with Crippen molar-refractivity contribution in [1.82, 2.24) is 10.2 Å². The fourth-order valence-electron chi connectivity index (χ4n) is 3.60. The summed E-state index contributed by atoms with van der Waals surface area (Å²) in [4.78, 5) is 12.7. The maximum atomic E-state index is 13.3. The zero-order chi connectivity index (χ0) is 23.3. The van der Waals surface area contributed by atoms with Gasteiger partial charge in [-0.15, -0.1) is 0 Å². The number of benzene rings is 2. The average molecular weight is 451 g/mol. The molecule has 3 rings (SSSR count). The first-order valence-corrected chi connectivity index (χ1v) is 10.5. The molecule has 2 N–H and O–H groups in total. The molecule has 1 aromatic heterocycles. The monoisotopic (exact) mass is 451 g/mol. The number of hydrogen-bond acceptors (Lipinski definition) is 3. The van der Waals surface area contributed by atoms with Gasteiger partial charge in [-0.2, -0.15) is 18.3 Å². The van der Waals surface area contributed by atoms with Gasteiger partial charge in [-0.25, -0.2) is 4.39 Å². The minimum Gasteiger partial charge on any atom is -0.489 e. The fourth-order valence-corrected chi connectivity index (χ4v) is 3.60. The van der Waals surface area contributed by atoms with E-state index in [1.165, 1.54) is 0 Å². The summed E-state index contributed by atoms with van der Waals surface area (Å²) in [5, 5.41) is 10.4. The van der Waals surface area contributed by atoms with Crippen LogP contribution in [-0.2, 0) is 17.6 Å². The maximum Gasteiger partial charge on any atom is 0.416 e. The Morgan fingerprint density at radius 2 is 1.84 bits per heavy atom. The molecule has 5 nitrogen and oxygen atoms in total. The fraction of sp³-hybridized carbons (Fsp3) is 0.391. The average Bonchev–Trinajstić information content (AvgIpc) is 3.14. The van der Waals surface area contributed by atoms with Gasteiger partial charge in [-0.1, -0.05) is 32.8 Å². The number of amides is 1. The highest BCUT2D eigenvalue weighted by atomic mass is 19.4. The van der Waals surface area contributed by atoms with Crippen LogP contribution in [-0.4, -0.2) is 16.1 Å². The molecular weight excluding hydrogens is 426 g/mol. The molecule has 32 heavy (non-hydrogen) atoms. The molecule has 0 aliphatic carbocycles. The predicted molar refractivity (Wildman–Crippen MR) is 114 cm³/mol. The second-order valence-corrected chi connectivity index (χ2v) is 7.63. The number of carbonyl (C=O) groups is 1. The third-order valence-corrected chi connectivity index (χ3v) is 5.19. The summed E-state index contributed by atoms with van der Waals surface area (Å²) in [5.41, 5.74) is -0.609. The van der Waals surface area contributed by atoms with E-state index in [0.29, 0.717) is 28.5 Å². The minimum atomic E-state index is -4.69. The number of fused-ring (bicyclic) bond motifs is 1. The van der Waals surface area contributed by atoms with Gasteiger partial charge in [-0.05, 0) is 43.2 Å². The van der Waals surface area contributed by atoms with Gasteiger partial charge in [0.05, 0.1) is 11.1 Å². The van der Waals surface area contributed by atoms with E-state index >= 15 is 0 Å². The lowest BCUT2D eigenvalue weighted by atomic mass is 9.97. The van der Waals surface area contributed by atoms with Crippen molar-refractivity contribution in [2.24, 2.45) is 5.92 Å². The van der Waals surface area contributed by atoms with Crippen LogP contribution in [0.4, 0.5) is 23.4 Å². The summed E-state index contributed by atoms with van der Waals surface area (Å²) < 4.78 is 58.4. The number of H-pyrrole nitrogens is 1. The highest BCUT2D eigenvalue weighted by Gasteiger charge is 2.34. The first kappa shape index (κ1) is 23.6. The quantitative estimate of drug-likeness (QED) is 0.367. The summed E-state index contributed by atoms with van der Waals surface area (Å²) in [6, 6.07) is 7.32. The van der Waals surface area contributed by atoms with E-state index in [4.69, 9.17) is 4.74 Å². The Bertz CT molecular complexity index is 1070. The van der Waals surface area contributed by atoms with Crippen LogP contribution in [0.1, 0.15) is 50.7 Å². The number of rotatable bonds is 9. The number of carbonyl (C=O) groups excluding carboxylic acids is 1. The van der Waals surface area contributed by atoms with E-state index in [2.05, 4.69) is 15.5 Å². The van der Waals surface area contributed by atoms with Gasteiger partial charge in [0.25, 0.3) is 0 Å². The second kappa shape index (κ2) is 10.0. The van der Waals surface area contributed by atoms with Crippen molar-refractivity contribution in [3.8, 4) is 5.75 Å². The summed E-state index contributed by atoms with van der Waals surface area (Å²) in [7, 11) is 0. The summed E-state index contributed by atoms with van der Waals surface area (Å²) in [6.45, 7) is 3.65. The molecule has 2 aromatic carbocycles. The Labute approximate surface area is 183 Å². The number of anilines is 1. The van der Waals surface area contributed by atoms with E-state index in [0.717, 1.165) is 37.8 Å². The molecule has 1 heterocycles. The van der Waals surface area contributed by atoms with Crippen LogP contribution < -0.4 is 10.1 Å². The summed E-state index contributed by atoms with van der Waals surface area (Å²) in [6.07, 6.45) is -1.37. The number of nitrogens with one attached hydrogen (secondary N) is 2. The number of aromatic amines is 1. The lowest BCUT2D eigenvalue weighted by Crippen LogP contribution is -2.23. The van der Waals surface area contributed by atoms with Gasteiger partial charge >= 0.3 is 6.18 Å². The van der Waals surface area contributed by atoms with Gasteiger partial charge in [0.15, 0.2) is 5.82 Å². The minimum absolute atomic E-state index is 0.115. The Balaban J connectivity index is 1.79. The van der Waals surface area contributed by atoms with Crippen LogP contribution in [0.25, 0.3) is 10.9 Å². The van der Waals surface area contributed by atoms with Gasteiger partial charge in [0, 0.05) is 16.9 Å². The predicted octanol–water partition coefficient (Wildman–Crippen LogP) is 6.45. The van der Waals surface area contributed by atoms with Crippen molar-refractivity contribution in [1.29, 1.82) is 0 Å². The molecule has 0 fully saturated rings. The van der Waals surface area contributed by atoms with Gasteiger partial charge in [0.2, 0.25) is 5.91 Å². The molecule has 0 aliphatic rings. The lowest BCUT2D eigenvalue weighted by molar-refractivity contribution is -0.138. The van der Waals surface area contributed by atoms with Crippen molar-refractivity contribution in [2.75, 3.05) is 5.32 Å². The van der Waals surface area contributed by atoms with E-state index in [1.54, 1.807) is 18.2 Å². The molecule has 0 aliphatic heterocycles. The highest BCUT2D eigenvalue weighted by molar-refractivity contribution is 6.00. The SMILES string of the molecule is CCCC(CCC)C(=O)Nc1n[nH]c2ccc(OCc3ccc(F)cc3C(F)(F)F)cc12. The van der Waals surface area contributed by atoms with Crippen LogP contribution in [0.2, 0.25) is 0 Å². The zero-order valence-corrected chi connectivity index (χ0v) is 17.9. The first-order chi connectivity index (χ1) is 15.2. The molecular formula is C23H25F4N3O2. The van der Waals surface area contributed by atoms with Crippen LogP contribution in [0.5, 0.6) is 5.75 Å². The lowest BCUT2D eigenvalue weighted by Gasteiger charge is -2.15. The molecule has 172 valence electrons. The Morgan fingerprint density at radius 1 is 1.12 bits per heavy atom. The van der Waals surface area contributed by atoms with Crippen LogP contribution in [0.3, 0.4) is 0 Å². The van der Waals surface area contributed by atoms with Crippen molar-refractivity contribution >= 4 is 22.6 Å². The number of alkyl halides is 3. The van der Waals surface area contributed by atoms with E-state index < -0.39 is 24.2 Å². The van der Waals surface area contributed by atoms with Crippen molar-refractivity contribution in [3.05, 3.63) is 53.3 Å². The number of hydrogen-bond donors (Lipinski definition) is 2. The molecule has 0 saturated heterocycles. The topological polar surface area (TPSA) is 67.0 Å². The molecule has 1 amide bonds. The normalized spacial score (nSPS) is 11.8. The van der Waals surface area contributed by atoms with E-state index in [-0.39, 0.29) is 17.4 Å². The van der Waals surface area contributed by atoms with Gasteiger partial charge in [-0.3, -0.25) is 9.89 Å². The van der Waals surface area contributed by atoms with Crippen LogP contribution in [0, 0.1) is 11.7 Å². The van der Waals surface area contributed by atoms with Crippen molar-refractivity contribution < 1.29 is 27.1 Å². The van der Waals surface area contributed by atoms with E-state index in [1.807, 2.05) is 13.8 Å². The molecule has 0 bridgehead atoms. The number of nitrogens with zero attached hydrogens (tertiary/aromatic N) is 1. The summed E-state index contributed by atoms with van der Waals surface area (Å²) in [5.74, 6) is -0.563. The molecule has 9 heteroatoms. The maximum absolute atomic E-state index is 13.3. The second-order valence-electron chi connectivity index (χ2n) is 7.63. The smallest absolute Gasteiger partial charge is 0.416 e. The molecule has 3 aromatic rings. The number of aromatic nitrogens is 2. The Morgan fingerprint density at radius 3 is 2.50 bits per heavy atom. The third-order valence-electron chi connectivity index (χ3n) is 5.19. The van der Waals surface area contributed by atoms with Crippen molar-refractivity contribution in [2.45, 2.75) is 52.3 Å². The number of ether oxygens (including phenoxy) is 1. The Hall–Kier alpha value is -3.10. The Kier molecular flexibility index (Phi) is 7.37. The van der Waals surface area contributed by atoms with Gasteiger partial charge in [0.1, 0.15) is 18.2 Å². The molecule has 0 saturated carbocycles. The van der Waals surface area contributed by atoms with Gasteiger partial charge < -0.3 is 10.1 Å². The highest BCUT2D eigenvalue weighted by Crippen LogP contribution is 2.33. The van der Waals surface area contributed by atoms with Crippen molar-refractivity contribution in [3.63, 3.8) is 0 Å². The van der Waals surface area contributed by atoms with Crippen LogP contribution in [0.15, 0.2) is 36.4 Å². The standard InChI is InChI=1S/C23H25F4N3O2/c1-3-5-14(6-4-2)22(31)28-21-18-12-17(9-10-20(18)29-30-21)32-13-15-7-8-16(24)11-19(15)23(25,26)27/h7-12,14H,3-6,13H2,1-2H3,(H2,28,29,30,31). The van der Waals surface area contributed by atoms with E-state index in [9.17, 15) is 22.4 Å². The molecule has 0 spiro atoms. The first-order valence-electron chi connectivity index (χ1n) is 10.5. The largest absolute Gasteiger partial charge is 0.489 e. The van der Waals surface area contributed by atoms with Crippen LogP contribution >= 0.6 is 0 Å².